The molecule has 0 bridgehead atoms. The van der Waals surface area contributed by atoms with Crippen molar-refractivity contribution in [3.63, 3.8) is 0 Å². The van der Waals surface area contributed by atoms with Crippen molar-refractivity contribution in [3.05, 3.63) is 55.5 Å². The van der Waals surface area contributed by atoms with E-state index in [4.69, 9.17) is 27.9 Å². The predicted molar refractivity (Wildman–Crippen MR) is 189 cm³/mol. The smallest absolute Gasteiger partial charge is 0.330 e. The molecule has 0 saturated carbocycles. The zero-order valence-corrected chi connectivity index (χ0v) is 33.3. The summed E-state index contributed by atoms with van der Waals surface area (Å²) in [5, 5.41) is 9.93. The van der Waals surface area contributed by atoms with E-state index < -0.39 is 15.2 Å². The number of phenols is 1. The van der Waals surface area contributed by atoms with E-state index in [0.29, 0.717) is 57.5 Å². The topological polar surface area (TPSA) is 101 Å². The first-order valence-corrected chi connectivity index (χ1v) is 20.5. The minimum absolute atomic E-state index is 0.332. The maximum absolute atomic E-state index is 12.3. The van der Waals surface area contributed by atoms with Crippen LogP contribution in [0.5, 0.6) is 11.5 Å². The Morgan fingerprint density at radius 2 is 1.00 bits per heavy atom. The molecule has 0 saturated heterocycles. The van der Waals surface area contributed by atoms with E-state index in [1.807, 2.05) is 67.5 Å². The fourth-order valence-electron chi connectivity index (χ4n) is 3.73. The first-order chi connectivity index (χ1) is 20.2. The lowest BCUT2D eigenvalue weighted by Gasteiger charge is -2.17. The van der Waals surface area contributed by atoms with E-state index >= 15 is 0 Å². The summed E-state index contributed by atoms with van der Waals surface area (Å²) in [6.07, 6.45) is 2.33. The van der Waals surface area contributed by atoms with Crippen LogP contribution in [0.4, 0.5) is 0 Å². The van der Waals surface area contributed by atoms with Crippen LogP contribution in [-0.2, 0) is 27.2 Å². The van der Waals surface area contributed by atoms with Crippen molar-refractivity contribution in [2.45, 2.75) is 68.2 Å². The minimum atomic E-state index is -2.96. The van der Waals surface area contributed by atoms with E-state index in [2.05, 4.69) is 47.8 Å². The van der Waals surface area contributed by atoms with E-state index in [1.165, 1.54) is 0 Å². The van der Waals surface area contributed by atoms with E-state index in [1.54, 1.807) is 12.1 Å². The molecule has 0 aliphatic carbocycles. The van der Waals surface area contributed by atoms with Crippen LogP contribution in [0.3, 0.4) is 0 Å². The molecule has 8 nitrogen and oxygen atoms in total. The number of phenolic OH excluding ortho intramolecular Hbond substituents is 1. The molecule has 0 unspecified atom stereocenters. The van der Waals surface area contributed by atoms with Crippen LogP contribution < -0.4 is 4.74 Å². The van der Waals surface area contributed by atoms with Gasteiger partial charge < -0.3 is 27.9 Å². The highest BCUT2D eigenvalue weighted by Gasteiger charge is 2.23. The first-order valence-electron chi connectivity index (χ1n) is 14.4. The monoisotopic (exact) mass is 836 g/mol. The number of halogens is 3. The number of hydrogen-bond acceptors (Lipinski definition) is 8. The number of aryl methyl sites for hydroxylation is 4. The number of ether oxygens (including phenoxy) is 1. The van der Waals surface area contributed by atoms with Gasteiger partial charge in [-0.05, 0) is 115 Å². The van der Waals surface area contributed by atoms with Crippen LogP contribution in [0, 0.1) is 27.7 Å². The fourth-order valence-corrected chi connectivity index (χ4v) is 8.21. The summed E-state index contributed by atoms with van der Waals surface area (Å²) in [7, 11) is -5.72. The minimum Gasteiger partial charge on any atom is -0.508 e. The van der Waals surface area contributed by atoms with Gasteiger partial charge in [0.25, 0.3) is 0 Å². The summed E-state index contributed by atoms with van der Waals surface area (Å²) in [6.45, 7) is 17.4. The van der Waals surface area contributed by atoms with Crippen LogP contribution >= 0.6 is 63.0 Å². The van der Waals surface area contributed by atoms with E-state index in [-0.39, 0.29) is 0 Å². The van der Waals surface area contributed by atoms with Crippen LogP contribution in [0.2, 0.25) is 0 Å². The Labute approximate surface area is 284 Å². The highest BCUT2D eigenvalue weighted by atomic mass is 79.9. The van der Waals surface area contributed by atoms with Gasteiger partial charge in [-0.2, -0.15) is 0 Å². The number of benzene rings is 2. The standard InChI is InChI=1S/C15H24BrO4P.C8H9BrO.C7H16BrO3P/c1-5-19-21(17,20-6-2)9-7-8-18-14-10-12(3)15(16)13(4)11-14;1-5-3-7(10)4-6(2)8(5)9;1-3-10-12(9,11-4-2)7-5-6-8/h10-11H,5-9H2,1-4H3;3-4,10H,1-2H3;3-7H2,1-2H3. The molecule has 248 valence electrons. The molecule has 13 heteroatoms. The van der Waals surface area contributed by atoms with Crippen LogP contribution in [-0.4, -0.2) is 55.8 Å². The van der Waals surface area contributed by atoms with Gasteiger partial charge in [0.15, 0.2) is 0 Å². The van der Waals surface area contributed by atoms with Gasteiger partial charge >= 0.3 is 15.2 Å². The van der Waals surface area contributed by atoms with Crippen LogP contribution in [0.15, 0.2) is 33.2 Å². The second-order valence-electron chi connectivity index (χ2n) is 9.35. The third-order valence-corrected chi connectivity index (χ3v) is 12.9. The molecule has 2 aromatic carbocycles. The average Bonchev–Trinajstić information content (AvgIpc) is 2.93. The number of aromatic hydroxyl groups is 1. The lowest BCUT2D eigenvalue weighted by atomic mass is 10.1. The number of alkyl halides is 1. The predicted octanol–water partition coefficient (Wildman–Crippen LogP) is 10.9. The maximum atomic E-state index is 12.3. The van der Waals surface area contributed by atoms with Gasteiger partial charge in [-0.15, -0.1) is 0 Å². The summed E-state index contributed by atoms with van der Waals surface area (Å²) in [5.41, 5.74) is 4.41. The molecule has 0 atom stereocenters. The second-order valence-corrected chi connectivity index (χ2v) is 16.1. The highest BCUT2D eigenvalue weighted by Crippen LogP contribution is 2.49. The molecule has 2 rings (SSSR count). The molecule has 0 fully saturated rings. The van der Waals surface area contributed by atoms with E-state index in [9.17, 15) is 9.13 Å². The van der Waals surface area contributed by atoms with Gasteiger partial charge in [0.05, 0.1) is 45.4 Å². The Morgan fingerprint density at radius 1 is 0.651 bits per heavy atom. The third kappa shape index (κ3) is 17.9. The third-order valence-electron chi connectivity index (χ3n) is 5.54. The lowest BCUT2D eigenvalue weighted by molar-refractivity contribution is 0.216. The molecule has 1 N–H and O–H groups in total. The molecule has 0 spiro atoms. The molecule has 0 heterocycles. The summed E-state index contributed by atoms with van der Waals surface area (Å²) >= 11 is 10.2. The normalized spacial score (nSPS) is 11.3. The summed E-state index contributed by atoms with van der Waals surface area (Å²) < 4.78 is 52.5. The quantitative estimate of drug-likeness (QED) is 0.101. The van der Waals surface area contributed by atoms with Gasteiger partial charge in [-0.25, -0.2) is 0 Å². The van der Waals surface area contributed by atoms with Crippen molar-refractivity contribution in [1.29, 1.82) is 0 Å². The Morgan fingerprint density at radius 3 is 1.35 bits per heavy atom. The SMILES string of the molecule is CCOP(=O)(CCCBr)OCC.CCOP(=O)(CCCOc1cc(C)c(Br)c(C)c1)OCC.Cc1cc(O)cc(C)c1Br. The Hall–Kier alpha value is -0.220. The number of rotatable bonds is 16. The number of hydrogen-bond donors (Lipinski definition) is 1. The molecule has 0 amide bonds. The molecule has 0 aliphatic rings. The molecule has 0 aliphatic heterocycles. The Bertz CT molecular complexity index is 1110. The average molecular weight is 839 g/mol. The molecule has 0 aromatic heterocycles. The van der Waals surface area contributed by atoms with E-state index in [0.717, 1.165) is 48.7 Å². The van der Waals surface area contributed by atoms with Crippen molar-refractivity contribution in [2.75, 3.05) is 50.7 Å². The summed E-state index contributed by atoms with van der Waals surface area (Å²) in [5.74, 6) is 1.16. The molecular weight excluding hydrogens is 790 g/mol. The molecule has 0 radical (unpaired) electrons. The molecular formula is C30H49Br3O8P2. The Kier molecular flexibility index (Phi) is 23.0. The van der Waals surface area contributed by atoms with Crippen molar-refractivity contribution in [1.82, 2.24) is 0 Å². The zero-order chi connectivity index (χ0) is 33.1. The fraction of sp³-hybridized carbons (Fsp3) is 0.600. The van der Waals surface area contributed by atoms with Crippen molar-refractivity contribution in [2.24, 2.45) is 0 Å². The van der Waals surface area contributed by atoms with Gasteiger partial charge in [-0.1, -0.05) is 47.8 Å². The van der Waals surface area contributed by atoms with Crippen LogP contribution in [0.25, 0.3) is 0 Å². The first kappa shape index (κ1) is 42.8. The summed E-state index contributed by atoms with van der Waals surface area (Å²) in [4.78, 5) is 0. The van der Waals surface area contributed by atoms with Crippen molar-refractivity contribution >= 4 is 63.0 Å². The van der Waals surface area contributed by atoms with Gasteiger partial charge in [0, 0.05) is 14.3 Å². The Balaban J connectivity index is 0.000000677. The largest absolute Gasteiger partial charge is 0.508 e. The molecule has 2 aromatic rings. The zero-order valence-electron chi connectivity index (χ0n) is 26.7. The van der Waals surface area contributed by atoms with Gasteiger partial charge in [0.2, 0.25) is 0 Å². The molecule has 43 heavy (non-hydrogen) atoms. The van der Waals surface area contributed by atoms with Gasteiger partial charge in [0.1, 0.15) is 11.5 Å². The van der Waals surface area contributed by atoms with Gasteiger partial charge in [-0.3, -0.25) is 9.13 Å². The maximum Gasteiger partial charge on any atom is 0.330 e. The van der Waals surface area contributed by atoms with Crippen molar-refractivity contribution < 1.29 is 37.1 Å². The van der Waals surface area contributed by atoms with Crippen molar-refractivity contribution in [3.8, 4) is 11.5 Å². The lowest BCUT2D eigenvalue weighted by Crippen LogP contribution is -2.05. The second kappa shape index (κ2) is 23.2. The highest BCUT2D eigenvalue weighted by molar-refractivity contribution is 9.11. The summed E-state index contributed by atoms with van der Waals surface area (Å²) in [6, 6.07) is 7.44. The van der Waals surface area contributed by atoms with Crippen LogP contribution in [0.1, 0.15) is 62.8 Å².